The van der Waals surface area contributed by atoms with Crippen LogP contribution in [0.1, 0.15) is 40.5 Å². The second kappa shape index (κ2) is 9.43. The van der Waals surface area contributed by atoms with E-state index in [9.17, 15) is 18.8 Å². The topological polar surface area (TPSA) is 101 Å². The van der Waals surface area contributed by atoms with Gasteiger partial charge in [-0.1, -0.05) is 0 Å². The van der Waals surface area contributed by atoms with Gasteiger partial charge >= 0.3 is 6.09 Å². The Morgan fingerprint density at radius 1 is 1.20 bits per heavy atom. The van der Waals surface area contributed by atoms with Crippen LogP contribution < -0.4 is 10.6 Å². The zero-order valence-electron chi connectivity index (χ0n) is 16.8. The summed E-state index contributed by atoms with van der Waals surface area (Å²) in [6.07, 6.45) is 3.71. The molecule has 1 atom stereocenters. The molecule has 2 aromatic rings. The second-order valence-corrected chi connectivity index (χ2v) is 7.21. The van der Waals surface area contributed by atoms with Gasteiger partial charge in [-0.25, -0.2) is 9.18 Å². The van der Waals surface area contributed by atoms with Crippen LogP contribution in [0.4, 0.5) is 14.9 Å². The van der Waals surface area contributed by atoms with E-state index >= 15 is 0 Å². The van der Waals surface area contributed by atoms with Crippen LogP contribution in [0, 0.1) is 11.7 Å². The molecule has 0 radical (unpaired) electrons. The molecule has 8 nitrogen and oxygen atoms in total. The molecule has 1 aromatic carbocycles. The summed E-state index contributed by atoms with van der Waals surface area (Å²) < 4.78 is 23.4. The van der Waals surface area contributed by atoms with Crippen LogP contribution in [0.2, 0.25) is 0 Å². The van der Waals surface area contributed by atoms with Crippen molar-refractivity contribution in [3.63, 3.8) is 0 Å². The molecule has 1 aromatic heterocycles. The van der Waals surface area contributed by atoms with Gasteiger partial charge < -0.3 is 24.7 Å². The van der Waals surface area contributed by atoms with Crippen LogP contribution in [-0.4, -0.2) is 49.0 Å². The number of halogens is 1. The third kappa shape index (κ3) is 4.97. The zero-order valence-corrected chi connectivity index (χ0v) is 16.8. The highest BCUT2D eigenvalue weighted by Crippen LogP contribution is 2.23. The van der Waals surface area contributed by atoms with E-state index in [-0.39, 0.29) is 34.9 Å². The van der Waals surface area contributed by atoms with E-state index in [0.29, 0.717) is 13.1 Å². The van der Waals surface area contributed by atoms with Crippen molar-refractivity contribution in [2.45, 2.75) is 25.8 Å². The van der Waals surface area contributed by atoms with Crippen LogP contribution >= 0.6 is 0 Å². The molecule has 2 heterocycles. The molecule has 0 saturated carbocycles. The Bertz CT molecular complexity index is 907. The largest absolute Gasteiger partial charge is 0.472 e. The fourth-order valence-corrected chi connectivity index (χ4v) is 3.52. The highest BCUT2D eigenvalue weighted by Gasteiger charge is 2.28. The number of nitrogens with zero attached hydrogens (tertiary/aromatic N) is 1. The molecule has 1 fully saturated rings. The van der Waals surface area contributed by atoms with E-state index in [4.69, 9.17) is 9.15 Å². The number of carbonyl (C=O) groups is 3. The normalized spacial score (nSPS) is 15.4. The van der Waals surface area contributed by atoms with E-state index in [1.165, 1.54) is 37.8 Å². The van der Waals surface area contributed by atoms with Crippen molar-refractivity contribution < 1.29 is 27.9 Å². The number of benzene rings is 1. The summed E-state index contributed by atoms with van der Waals surface area (Å²) in [6.45, 7) is 3.00. The molecule has 0 spiro atoms. The minimum Gasteiger partial charge on any atom is -0.472 e. The Morgan fingerprint density at radius 3 is 2.57 bits per heavy atom. The van der Waals surface area contributed by atoms with Gasteiger partial charge in [0.25, 0.3) is 11.8 Å². The summed E-state index contributed by atoms with van der Waals surface area (Å²) in [5.74, 6) is -1.32. The van der Waals surface area contributed by atoms with Gasteiger partial charge in [0.1, 0.15) is 12.1 Å². The molecular weight excluding hydrogens is 393 g/mol. The van der Waals surface area contributed by atoms with Gasteiger partial charge in [-0.2, -0.15) is 0 Å². The van der Waals surface area contributed by atoms with Gasteiger partial charge in [0.05, 0.1) is 30.2 Å². The number of amides is 3. The third-order valence-electron chi connectivity index (χ3n) is 5.30. The molecule has 2 N–H and O–H groups in total. The van der Waals surface area contributed by atoms with Gasteiger partial charge in [-0.3, -0.25) is 9.59 Å². The number of methoxy groups -OCH3 is 1. The molecule has 1 aliphatic rings. The average Bonchev–Trinajstić information content (AvgIpc) is 3.28. The molecule has 3 rings (SSSR count). The van der Waals surface area contributed by atoms with Crippen molar-refractivity contribution >= 4 is 23.6 Å². The fraction of sp³-hybridized carbons (Fsp3) is 0.381. The van der Waals surface area contributed by atoms with E-state index in [2.05, 4.69) is 10.6 Å². The summed E-state index contributed by atoms with van der Waals surface area (Å²) >= 11 is 0. The minimum absolute atomic E-state index is 0.0754. The number of anilines is 1. The van der Waals surface area contributed by atoms with Crippen molar-refractivity contribution in [2.75, 3.05) is 25.5 Å². The summed E-state index contributed by atoms with van der Waals surface area (Å²) in [7, 11) is 1.35. The van der Waals surface area contributed by atoms with E-state index in [1.807, 2.05) is 6.92 Å². The third-order valence-corrected chi connectivity index (χ3v) is 5.30. The van der Waals surface area contributed by atoms with Crippen LogP contribution in [0.15, 0.2) is 41.2 Å². The van der Waals surface area contributed by atoms with Crippen molar-refractivity contribution in [2.24, 2.45) is 5.92 Å². The molecule has 160 valence electrons. The number of likely N-dealkylation sites (tertiary alicyclic amines) is 1. The molecule has 30 heavy (non-hydrogen) atoms. The number of hydrogen-bond acceptors (Lipinski definition) is 5. The Kier molecular flexibility index (Phi) is 6.71. The van der Waals surface area contributed by atoms with Gasteiger partial charge in [0.2, 0.25) is 0 Å². The predicted molar refractivity (Wildman–Crippen MR) is 107 cm³/mol. The van der Waals surface area contributed by atoms with Crippen LogP contribution in [0.3, 0.4) is 0 Å². The number of carbonyl (C=O) groups excluding carboxylic acids is 3. The summed E-state index contributed by atoms with van der Waals surface area (Å²) in [5, 5.41) is 5.48. The average molecular weight is 417 g/mol. The van der Waals surface area contributed by atoms with Crippen molar-refractivity contribution in [1.82, 2.24) is 10.2 Å². The summed E-state index contributed by atoms with van der Waals surface area (Å²) in [6, 6.07) is 4.91. The highest BCUT2D eigenvalue weighted by atomic mass is 19.1. The van der Waals surface area contributed by atoms with Crippen LogP contribution in [0.25, 0.3) is 0 Å². The van der Waals surface area contributed by atoms with Crippen molar-refractivity contribution in [1.29, 1.82) is 0 Å². The Balaban J connectivity index is 1.65. The first-order valence-electron chi connectivity index (χ1n) is 9.66. The number of ether oxygens (including phenoxy) is 1. The maximum Gasteiger partial charge on any atom is 0.409 e. The number of piperidine rings is 1. The standard InChI is InChI=1S/C21H24FN3O5/c1-13(14-5-8-25(9-6-14)21(28)29-2)23-20(27)17-4-3-16(22)11-18(17)24-19(26)15-7-10-30-12-15/h3-4,7,10-14H,5-6,8-9H2,1-2H3,(H,23,27)(H,24,26)/t13-/m0/s1. The Hall–Kier alpha value is -3.36. The molecule has 0 bridgehead atoms. The maximum atomic E-state index is 13.7. The van der Waals surface area contributed by atoms with Gasteiger partial charge in [-0.15, -0.1) is 0 Å². The number of hydrogen-bond donors (Lipinski definition) is 2. The number of rotatable bonds is 5. The molecule has 0 aliphatic carbocycles. The van der Waals surface area contributed by atoms with Crippen LogP contribution in [0.5, 0.6) is 0 Å². The fourth-order valence-electron chi connectivity index (χ4n) is 3.52. The lowest BCUT2D eigenvalue weighted by Gasteiger charge is -2.34. The number of furan rings is 1. The Morgan fingerprint density at radius 2 is 1.93 bits per heavy atom. The molecule has 1 saturated heterocycles. The van der Waals surface area contributed by atoms with Gasteiger partial charge in [0, 0.05) is 19.1 Å². The first-order chi connectivity index (χ1) is 14.4. The minimum atomic E-state index is -0.572. The highest BCUT2D eigenvalue weighted by molar-refractivity contribution is 6.08. The quantitative estimate of drug-likeness (QED) is 0.778. The number of nitrogens with one attached hydrogen (secondary N) is 2. The van der Waals surface area contributed by atoms with Crippen molar-refractivity contribution in [3.05, 3.63) is 53.7 Å². The van der Waals surface area contributed by atoms with E-state index in [1.54, 1.807) is 4.90 Å². The van der Waals surface area contributed by atoms with Crippen LogP contribution in [-0.2, 0) is 4.74 Å². The summed E-state index contributed by atoms with van der Waals surface area (Å²) in [5.41, 5.74) is 0.495. The SMILES string of the molecule is COC(=O)N1CCC([C@H](C)NC(=O)c2ccc(F)cc2NC(=O)c2ccoc2)CC1. The second-order valence-electron chi connectivity index (χ2n) is 7.21. The zero-order chi connectivity index (χ0) is 21.7. The monoisotopic (exact) mass is 417 g/mol. The molecule has 9 heteroatoms. The first kappa shape index (κ1) is 21.4. The first-order valence-corrected chi connectivity index (χ1v) is 9.66. The lowest BCUT2D eigenvalue weighted by atomic mass is 9.90. The molecular formula is C21H24FN3O5. The van der Waals surface area contributed by atoms with Crippen molar-refractivity contribution in [3.8, 4) is 0 Å². The molecule has 0 unspecified atom stereocenters. The molecule has 1 aliphatic heterocycles. The lowest BCUT2D eigenvalue weighted by molar-refractivity contribution is 0.0867. The maximum absolute atomic E-state index is 13.7. The van der Waals surface area contributed by atoms with Gasteiger partial charge in [-0.05, 0) is 49.9 Å². The smallest absolute Gasteiger partial charge is 0.409 e. The van der Waals surface area contributed by atoms with Gasteiger partial charge in [0.15, 0.2) is 0 Å². The van der Waals surface area contributed by atoms with E-state index < -0.39 is 17.6 Å². The molecule has 3 amide bonds. The Labute approximate surface area is 173 Å². The lowest BCUT2D eigenvalue weighted by Crippen LogP contribution is -2.45. The summed E-state index contributed by atoms with van der Waals surface area (Å²) in [4.78, 5) is 38.3. The van der Waals surface area contributed by atoms with E-state index in [0.717, 1.165) is 18.9 Å². The predicted octanol–water partition coefficient (Wildman–Crippen LogP) is 3.27.